The molecule has 152 valence electrons. The Labute approximate surface area is 166 Å². The first kappa shape index (κ1) is 20.6. The number of nitrogens with one attached hydrogen (secondary N) is 1. The largest absolute Gasteiger partial charge is 0.573 e. The standard InChI is InChI=1S/C17H13F4N5O2S/c18-11-1-3-12(4-2-11)22-15(27)9-10-29-16-23-24-25-26(16)13-5-7-14(8-6-13)28-17(19,20)21/h1-8H,9-10H2,(H,22,27). The van der Waals surface area contributed by atoms with Crippen LogP contribution in [0.25, 0.3) is 5.69 Å². The van der Waals surface area contributed by atoms with Crippen LogP contribution in [-0.4, -0.2) is 38.2 Å². The molecule has 0 aliphatic rings. The molecule has 3 aromatic rings. The van der Waals surface area contributed by atoms with E-state index in [1.54, 1.807) is 0 Å². The van der Waals surface area contributed by atoms with Crippen LogP contribution >= 0.6 is 11.8 Å². The molecule has 0 bridgehead atoms. The van der Waals surface area contributed by atoms with Gasteiger partial charge in [-0.05, 0) is 59.0 Å². The molecule has 7 nitrogen and oxygen atoms in total. The van der Waals surface area contributed by atoms with E-state index < -0.39 is 12.2 Å². The van der Waals surface area contributed by atoms with Gasteiger partial charge in [0.05, 0.1) is 5.69 Å². The molecular formula is C17H13F4N5O2S. The lowest BCUT2D eigenvalue weighted by Crippen LogP contribution is -2.17. The van der Waals surface area contributed by atoms with Crippen molar-refractivity contribution in [1.82, 2.24) is 20.2 Å². The number of amides is 1. The molecule has 0 aliphatic carbocycles. The minimum absolute atomic E-state index is 0.146. The lowest BCUT2D eigenvalue weighted by Gasteiger charge is -2.09. The predicted molar refractivity (Wildman–Crippen MR) is 96.2 cm³/mol. The van der Waals surface area contributed by atoms with Gasteiger partial charge in [0.15, 0.2) is 0 Å². The SMILES string of the molecule is O=C(CCSc1nnnn1-c1ccc(OC(F)(F)F)cc1)Nc1ccc(F)cc1. The van der Waals surface area contributed by atoms with Crippen LogP contribution in [0.3, 0.4) is 0 Å². The number of alkyl halides is 3. The normalized spacial score (nSPS) is 11.3. The molecule has 1 N–H and O–H groups in total. The van der Waals surface area contributed by atoms with Crippen molar-refractivity contribution < 1.29 is 27.1 Å². The van der Waals surface area contributed by atoms with E-state index in [9.17, 15) is 22.4 Å². The van der Waals surface area contributed by atoms with Crippen LogP contribution in [0.1, 0.15) is 6.42 Å². The molecule has 3 rings (SSSR count). The number of anilines is 1. The van der Waals surface area contributed by atoms with Crippen LogP contribution in [0.4, 0.5) is 23.2 Å². The van der Waals surface area contributed by atoms with Gasteiger partial charge < -0.3 is 10.1 Å². The Kier molecular flexibility index (Phi) is 6.32. The highest BCUT2D eigenvalue weighted by Gasteiger charge is 2.31. The molecule has 0 radical (unpaired) electrons. The second kappa shape index (κ2) is 8.90. The van der Waals surface area contributed by atoms with E-state index in [0.717, 1.165) is 12.1 Å². The summed E-state index contributed by atoms with van der Waals surface area (Å²) in [6, 6.07) is 10.4. The average Bonchev–Trinajstić information content (AvgIpc) is 3.11. The number of nitrogens with zero attached hydrogens (tertiary/aromatic N) is 4. The minimum atomic E-state index is -4.77. The smallest absolute Gasteiger partial charge is 0.406 e. The van der Waals surface area contributed by atoms with Crippen molar-refractivity contribution in [2.24, 2.45) is 0 Å². The van der Waals surface area contributed by atoms with Crippen LogP contribution in [0.5, 0.6) is 5.75 Å². The van der Waals surface area contributed by atoms with Crippen LogP contribution in [-0.2, 0) is 4.79 Å². The van der Waals surface area contributed by atoms with Crippen molar-refractivity contribution in [3.05, 3.63) is 54.3 Å². The zero-order valence-electron chi connectivity index (χ0n) is 14.6. The summed E-state index contributed by atoms with van der Waals surface area (Å²) in [6.45, 7) is 0. The highest BCUT2D eigenvalue weighted by Crippen LogP contribution is 2.25. The number of halogens is 4. The van der Waals surface area contributed by atoms with E-state index in [-0.39, 0.29) is 18.1 Å². The summed E-state index contributed by atoms with van der Waals surface area (Å²) in [5.41, 5.74) is 0.912. The second-order valence-electron chi connectivity index (χ2n) is 5.57. The minimum Gasteiger partial charge on any atom is -0.406 e. The number of rotatable bonds is 7. The maximum absolute atomic E-state index is 12.9. The molecular weight excluding hydrogens is 414 g/mol. The highest BCUT2D eigenvalue weighted by atomic mass is 32.2. The second-order valence-corrected chi connectivity index (χ2v) is 6.63. The van der Waals surface area contributed by atoms with E-state index in [1.807, 2.05) is 0 Å². The number of benzene rings is 2. The maximum atomic E-state index is 12.9. The first-order valence-corrected chi connectivity index (χ1v) is 9.11. The monoisotopic (exact) mass is 427 g/mol. The van der Waals surface area contributed by atoms with Gasteiger partial charge in [0, 0.05) is 17.9 Å². The highest BCUT2D eigenvalue weighted by molar-refractivity contribution is 7.99. The summed E-state index contributed by atoms with van der Waals surface area (Å²) in [5.74, 6) is -0.677. The lowest BCUT2D eigenvalue weighted by atomic mass is 10.3. The molecule has 0 saturated carbocycles. The Morgan fingerprint density at radius 2 is 1.79 bits per heavy atom. The molecule has 1 aromatic heterocycles. The van der Waals surface area contributed by atoms with Gasteiger partial charge in [-0.15, -0.1) is 18.3 Å². The molecule has 1 amide bonds. The molecule has 29 heavy (non-hydrogen) atoms. The van der Waals surface area contributed by atoms with Crippen molar-refractivity contribution in [1.29, 1.82) is 0 Å². The van der Waals surface area contributed by atoms with Gasteiger partial charge in [0.25, 0.3) is 0 Å². The van der Waals surface area contributed by atoms with E-state index in [0.29, 0.717) is 22.3 Å². The lowest BCUT2D eigenvalue weighted by molar-refractivity contribution is -0.274. The molecule has 0 saturated heterocycles. The fourth-order valence-corrected chi connectivity index (χ4v) is 3.04. The van der Waals surface area contributed by atoms with E-state index in [4.69, 9.17) is 0 Å². The fraction of sp³-hybridized carbons (Fsp3) is 0.176. The predicted octanol–water partition coefficient (Wildman–Crippen LogP) is 3.82. The molecule has 2 aromatic carbocycles. The van der Waals surface area contributed by atoms with Crippen molar-refractivity contribution in [3.8, 4) is 11.4 Å². The summed E-state index contributed by atoms with van der Waals surface area (Å²) in [7, 11) is 0. The molecule has 0 atom stereocenters. The van der Waals surface area contributed by atoms with Crippen LogP contribution < -0.4 is 10.1 Å². The summed E-state index contributed by atoms with van der Waals surface area (Å²) in [6.07, 6.45) is -4.63. The number of hydrogen-bond donors (Lipinski definition) is 1. The Balaban J connectivity index is 1.55. The molecule has 0 spiro atoms. The van der Waals surface area contributed by atoms with Gasteiger partial charge in [-0.25, -0.2) is 4.39 Å². The van der Waals surface area contributed by atoms with Gasteiger partial charge in [-0.1, -0.05) is 11.8 Å². The van der Waals surface area contributed by atoms with Gasteiger partial charge in [-0.3, -0.25) is 4.79 Å². The van der Waals surface area contributed by atoms with Gasteiger partial charge in [0.1, 0.15) is 11.6 Å². The summed E-state index contributed by atoms with van der Waals surface area (Å²) in [4.78, 5) is 11.9. The number of ether oxygens (including phenoxy) is 1. The van der Waals surface area contributed by atoms with Crippen molar-refractivity contribution in [2.45, 2.75) is 17.9 Å². The van der Waals surface area contributed by atoms with Crippen LogP contribution in [0.15, 0.2) is 53.7 Å². The van der Waals surface area contributed by atoms with Crippen molar-refractivity contribution in [2.75, 3.05) is 11.1 Å². The number of carbonyl (C=O) groups excluding carboxylic acids is 1. The Morgan fingerprint density at radius 1 is 1.10 bits per heavy atom. The molecule has 0 fully saturated rings. The third kappa shape index (κ3) is 6.17. The third-order valence-electron chi connectivity index (χ3n) is 3.44. The van der Waals surface area contributed by atoms with Crippen molar-refractivity contribution >= 4 is 23.4 Å². The van der Waals surface area contributed by atoms with Gasteiger partial charge in [-0.2, -0.15) is 4.68 Å². The summed E-state index contributed by atoms with van der Waals surface area (Å²) >= 11 is 1.20. The van der Waals surface area contributed by atoms with E-state index in [1.165, 1.54) is 52.8 Å². The Bertz CT molecular complexity index is 961. The Morgan fingerprint density at radius 3 is 2.45 bits per heavy atom. The van der Waals surface area contributed by atoms with Crippen LogP contribution in [0, 0.1) is 5.82 Å². The number of tetrazole rings is 1. The zero-order valence-corrected chi connectivity index (χ0v) is 15.4. The zero-order chi connectivity index (χ0) is 20.9. The number of aromatic nitrogens is 4. The fourth-order valence-electron chi connectivity index (χ4n) is 2.21. The van der Waals surface area contributed by atoms with Gasteiger partial charge >= 0.3 is 6.36 Å². The summed E-state index contributed by atoms with van der Waals surface area (Å²) < 4.78 is 54.7. The first-order chi connectivity index (χ1) is 13.8. The summed E-state index contributed by atoms with van der Waals surface area (Å²) in [5, 5.41) is 14.2. The third-order valence-corrected chi connectivity index (χ3v) is 4.37. The molecule has 0 aliphatic heterocycles. The molecule has 12 heteroatoms. The number of thioether (sulfide) groups is 1. The quantitative estimate of drug-likeness (QED) is 0.456. The number of hydrogen-bond acceptors (Lipinski definition) is 6. The first-order valence-electron chi connectivity index (χ1n) is 8.13. The topological polar surface area (TPSA) is 81.9 Å². The molecule has 1 heterocycles. The number of carbonyl (C=O) groups is 1. The van der Waals surface area contributed by atoms with Crippen molar-refractivity contribution in [3.63, 3.8) is 0 Å². The van der Waals surface area contributed by atoms with E-state index in [2.05, 4.69) is 25.6 Å². The average molecular weight is 427 g/mol. The Hall–Kier alpha value is -3.15. The van der Waals surface area contributed by atoms with E-state index >= 15 is 0 Å². The van der Waals surface area contributed by atoms with Crippen LogP contribution in [0.2, 0.25) is 0 Å². The maximum Gasteiger partial charge on any atom is 0.573 e. The van der Waals surface area contributed by atoms with Gasteiger partial charge in [0.2, 0.25) is 11.1 Å². The molecule has 0 unspecified atom stereocenters.